The zero-order valence-corrected chi connectivity index (χ0v) is 33.0. The molecule has 0 spiro atoms. The van der Waals surface area contributed by atoms with Crippen LogP contribution in [0.2, 0.25) is 0 Å². The fraction of sp³-hybridized carbons (Fsp3) is 0.0508. The van der Waals surface area contributed by atoms with Crippen molar-refractivity contribution in [3.05, 3.63) is 205 Å². The monoisotopic (exact) mass is 746 g/mol. The first kappa shape index (κ1) is 32.8. The first-order chi connectivity index (χ1) is 29.0. The second-order valence-corrected chi connectivity index (χ2v) is 17.2. The van der Waals surface area contributed by atoms with Gasteiger partial charge in [0, 0.05) is 5.41 Å². The average molecular weight is 747 g/mol. The van der Waals surface area contributed by atoms with Gasteiger partial charge in [-0.3, -0.25) is 0 Å². The van der Waals surface area contributed by atoms with Crippen LogP contribution in [0.3, 0.4) is 0 Å². The van der Waals surface area contributed by atoms with Crippen LogP contribution in [-0.2, 0) is 5.41 Å². The predicted octanol–water partition coefficient (Wildman–Crippen LogP) is 16.3. The molecule has 3 aliphatic carbocycles. The lowest BCUT2D eigenvalue weighted by molar-refractivity contribution is 0.661. The Bertz CT molecular complexity index is 3180. The molecule has 0 unspecified atom stereocenters. The van der Waals surface area contributed by atoms with E-state index in [1.54, 1.807) is 0 Å². The molecule has 0 bridgehead atoms. The van der Waals surface area contributed by atoms with Crippen LogP contribution < -0.4 is 0 Å². The molecule has 59 heavy (non-hydrogen) atoms. The second kappa shape index (κ2) is 11.9. The molecule has 0 heteroatoms. The number of rotatable bonds is 4. The standard InChI is InChI=1S/C59H38/c1-59(2)55-33-37(35-11-7-13-39(31-35)41-27-29-53-45-17-5-3-15-43(45)51-21-9-19-49(41)57(51)53)23-25-47(55)48-26-24-38(34-56(48)59)36-12-8-14-40(32-36)42-28-30-54-46-18-6-4-16-44(46)52-22-10-20-50(42)58(52)54/h3-34H,1-2H3. The van der Waals surface area contributed by atoms with E-state index in [4.69, 9.17) is 0 Å². The van der Waals surface area contributed by atoms with Crippen molar-refractivity contribution in [1.29, 1.82) is 0 Å². The maximum absolute atomic E-state index is 2.45. The van der Waals surface area contributed by atoms with Crippen LogP contribution in [0.15, 0.2) is 194 Å². The molecule has 13 rings (SSSR count). The topological polar surface area (TPSA) is 0 Å². The van der Waals surface area contributed by atoms with Crippen LogP contribution >= 0.6 is 0 Å². The molecule has 0 aromatic heterocycles. The van der Waals surface area contributed by atoms with Gasteiger partial charge >= 0.3 is 0 Å². The van der Waals surface area contributed by atoms with E-state index in [0.717, 1.165) is 0 Å². The summed E-state index contributed by atoms with van der Waals surface area (Å²) < 4.78 is 0. The van der Waals surface area contributed by atoms with Crippen molar-refractivity contribution in [2.24, 2.45) is 0 Å². The Morgan fingerprint density at radius 1 is 0.237 bits per heavy atom. The van der Waals surface area contributed by atoms with Gasteiger partial charge in [0.2, 0.25) is 0 Å². The van der Waals surface area contributed by atoms with Gasteiger partial charge in [-0.05, 0) is 157 Å². The highest BCUT2D eigenvalue weighted by Gasteiger charge is 2.36. The van der Waals surface area contributed by atoms with E-state index < -0.39 is 0 Å². The van der Waals surface area contributed by atoms with Crippen LogP contribution in [0.5, 0.6) is 0 Å². The number of benzene rings is 10. The third-order valence-electron chi connectivity index (χ3n) is 13.8. The van der Waals surface area contributed by atoms with Crippen molar-refractivity contribution >= 4 is 21.5 Å². The summed E-state index contributed by atoms with van der Waals surface area (Å²) in [6.45, 7) is 4.79. The molecule has 0 heterocycles. The van der Waals surface area contributed by atoms with Gasteiger partial charge in [-0.2, -0.15) is 0 Å². The Hall–Kier alpha value is -7.28. The Labute approximate surface area is 344 Å². The van der Waals surface area contributed by atoms with Crippen LogP contribution in [0.1, 0.15) is 25.0 Å². The van der Waals surface area contributed by atoms with Crippen molar-refractivity contribution in [3.8, 4) is 100 Å². The summed E-state index contributed by atoms with van der Waals surface area (Å²) in [5.74, 6) is 0. The minimum Gasteiger partial charge on any atom is -0.0616 e. The first-order valence-corrected chi connectivity index (χ1v) is 20.8. The zero-order valence-electron chi connectivity index (χ0n) is 33.0. The van der Waals surface area contributed by atoms with E-state index in [9.17, 15) is 0 Å². The van der Waals surface area contributed by atoms with Gasteiger partial charge in [0.25, 0.3) is 0 Å². The van der Waals surface area contributed by atoms with Crippen molar-refractivity contribution in [2.75, 3.05) is 0 Å². The van der Waals surface area contributed by atoms with E-state index >= 15 is 0 Å². The summed E-state index contributed by atoms with van der Waals surface area (Å²) in [4.78, 5) is 0. The molecule has 10 aromatic carbocycles. The molecule has 0 amide bonds. The molecular weight excluding hydrogens is 709 g/mol. The summed E-state index contributed by atoms with van der Waals surface area (Å²) >= 11 is 0. The third-order valence-corrected chi connectivity index (χ3v) is 13.8. The fourth-order valence-electron chi connectivity index (χ4n) is 10.9. The van der Waals surface area contributed by atoms with E-state index in [-0.39, 0.29) is 5.41 Å². The van der Waals surface area contributed by atoms with Gasteiger partial charge < -0.3 is 0 Å². The van der Waals surface area contributed by atoms with Crippen molar-refractivity contribution in [2.45, 2.75) is 19.3 Å². The summed E-state index contributed by atoms with van der Waals surface area (Å²) in [7, 11) is 0. The second-order valence-electron chi connectivity index (χ2n) is 17.2. The molecule has 0 nitrogen and oxygen atoms in total. The lowest BCUT2D eigenvalue weighted by atomic mass is 9.80. The first-order valence-electron chi connectivity index (χ1n) is 20.8. The van der Waals surface area contributed by atoms with Crippen LogP contribution in [-0.4, -0.2) is 0 Å². The minimum atomic E-state index is -0.148. The highest BCUT2D eigenvalue weighted by Crippen LogP contribution is 2.53. The summed E-state index contributed by atoms with van der Waals surface area (Å²) in [6.07, 6.45) is 0. The van der Waals surface area contributed by atoms with Crippen LogP contribution in [0.25, 0.3) is 122 Å². The number of hydrogen-bond donors (Lipinski definition) is 0. The highest BCUT2D eigenvalue weighted by molar-refractivity contribution is 6.20. The van der Waals surface area contributed by atoms with Gasteiger partial charge in [-0.15, -0.1) is 0 Å². The quantitative estimate of drug-likeness (QED) is 0.168. The van der Waals surface area contributed by atoms with Crippen molar-refractivity contribution < 1.29 is 0 Å². The minimum absolute atomic E-state index is 0.148. The van der Waals surface area contributed by atoms with Gasteiger partial charge in [-0.25, -0.2) is 0 Å². The van der Waals surface area contributed by atoms with Gasteiger partial charge in [0.1, 0.15) is 0 Å². The molecule has 274 valence electrons. The molecule has 0 atom stereocenters. The van der Waals surface area contributed by atoms with E-state index in [1.165, 1.54) is 133 Å². The van der Waals surface area contributed by atoms with E-state index in [0.29, 0.717) is 0 Å². The maximum atomic E-state index is 2.45. The Morgan fingerprint density at radius 3 is 1.00 bits per heavy atom. The largest absolute Gasteiger partial charge is 0.0616 e. The van der Waals surface area contributed by atoms with Gasteiger partial charge in [0.05, 0.1) is 0 Å². The lowest BCUT2D eigenvalue weighted by Gasteiger charge is -2.23. The SMILES string of the molecule is CC1(C)c2cc(-c3cccc(-c4ccc5c6c(cccc46)-c4ccccc4-5)c3)ccc2-c2ccc(-c3cccc(-c4ccc5c6c(cccc46)-c4ccccc4-5)c3)cc21. The molecule has 0 saturated carbocycles. The summed E-state index contributed by atoms with van der Waals surface area (Å²) in [5, 5.41) is 5.37. The molecule has 10 aromatic rings. The van der Waals surface area contributed by atoms with Crippen molar-refractivity contribution in [3.63, 3.8) is 0 Å². The molecule has 3 aliphatic rings. The molecule has 0 radical (unpaired) electrons. The summed E-state index contributed by atoms with van der Waals surface area (Å²) in [5.41, 5.74) is 26.1. The summed E-state index contributed by atoms with van der Waals surface area (Å²) in [6, 6.07) is 73.0. The Kier molecular flexibility index (Phi) is 6.60. The van der Waals surface area contributed by atoms with Gasteiger partial charge in [0.15, 0.2) is 0 Å². The highest BCUT2D eigenvalue weighted by atomic mass is 14.4. The predicted molar refractivity (Wildman–Crippen MR) is 250 cm³/mol. The molecular formula is C59H38. The van der Waals surface area contributed by atoms with Crippen molar-refractivity contribution in [1.82, 2.24) is 0 Å². The van der Waals surface area contributed by atoms with Crippen LogP contribution in [0.4, 0.5) is 0 Å². The smallest absolute Gasteiger partial charge is 0.0159 e. The van der Waals surface area contributed by atoms with Crippen LogP contribution in [0, 0.1) is 0 Å². The molecule has 0 saturated heterocycles. The molecule has 0 N–H and O–H groups in total. The Morgan fingerprint density at radius 2 is 0.559 bits per heavy atom. The number of hydrogen-bond acceptors (Lipinski definition) is 0. The Balaban J connectivity index is 0.850. The third kappa shape index (κ3) is 4.55. The molecule has 0 aliphatic heterocycles. The van der Waals surface area contributed by atoms with Gasteiger partial charge in [-0.1, -0.05) is 184 Å². The van der Waals surface area contributed by atoms with E-state index in [1.807, 2.05) is 0 Å². The number of fused-ring (bicyclic) bond motifs is 9. The zero-order chi connectivity index (χ0) is 39.0. The average Bonchev–Trinajstić information content (AvgIpc) is 3.88. The normalized spacial score (nSPS) is 13.4. The molecule has 0 fully saturated rings. The lowest BCUT2D eigenvalue weighted by Crippen LogP contribution is -2.15. The van der Waals surface area contributed by atoms with E-state index in [2.05, 4.69) is 208 Å². The fourth-order valence-corrected chi connectivity index (χ4v) is 10.9. The maximum Gasteiger partial charge on any atom is 0.0159 e.